The number of aromatic nitrogens is 5. The second kappa shape index (κ2) is 6.27. The van der Waals surface area contributed by atoms with Crippen LogP contribution >= 0.6 is 11.8 Å². The number of nitrogens with one attached hydrogen (secondary N) is 2. The molecule has 8 heteroatoms. The largest absolute Gasteiger partial charge is 0.342 e. The predicted octanol–water partition coefficient (Wildman–Crippen LogP) is 1.96. The Labute approximate surface area is 143 Å². The maximum Gasteiger partial charge on any atom is 0.233 e. The van der Waals surface area contributed by atoms with E-state index in [1.54, 1.807) is 0 Å². The fraction of sp³-hybridized carbons (Fsp3) is 0.375. The van der Waals surface area contributed by atoms with Gasteiger partial charge in [0.2, 0.25) is 11.1 Å². The maximum atomic E-state index is 12.2. The van der Waals surface area contributed by atoms with E-state index in [0.29, 0.717) is 29.9 Å². The number of rotatable bonds is 5. The molecule has 4 rings (SSSR count). The number of carbonyl (C=O) groups is 1. The molecule has 124 valence electrons. The minimum absolute atomic E-state index is 0.121. The van der Waals surface area contributed by atoms with Crippen molar-refractivity contribution in [3.63, 3.8) is 0 Å². The number of aromatic amines is 2. The highest BCUT2D eigenvalue weighted by molar-refractivity contribution is 7.99. The van der Waals surface area contributed by atoms with E-state index in [4.69, 9.17) is 0 Å². The summed E-state index contributed by atoms with van der Waals surface area (Å²) in [5.41, 5.74) is 2.02. The van der Waals surface area contributed by atoms with E-state index < -0.39 is 0 Å². The van der Waals surface area contributed by atoms with Crippen molar-refractivity contribution in [2.75, 3.05) is 18.8 Å². The molecule has 2 aromatic heterocycles. The molecule has 1 aromatic carbocycles. The summed E-state index contributed by atoms with van der Waals surface area (Å²) < 4.78 is 0. The van der Waals surface area contributed by atoms with Crippen molar-refractivity contribution in [3.8, 4) is 0 Å². The van der Waals surface area contributed by atoms with Crippen LogP contribution in [0.25, 0.3) is 11.0 Å². The van der Waals surface area contributed by atoms with Crippen LogP contribution in [0.1, 0.15) is 24.5 Å². The van der Waals surface area contributed by atoms with Gasteiger partial charge in [0.1, 0.15) is 11.6 Å². The number of thioether (sulfide) groups is 1. The van der Waals surface area contributed by atoms with Crippen molar-refractivity contribution in [2.24, 2.45) is 0 Å². The van der Waals surface area contributed by atoms with Gasteiger partial charge in [0, 0.05) is 19.5 Å². The van der Waals surface area contributed by atoms with Gasteiger partial charge in [-0.15, -0.1) is 5.10 Å². The first-order valence-corrected chi connectivity index (χ1v) is 8.98. The van der Waals surface area contributed by atoms with Gasteiger partial charge in [-0.05, 0) is 12.1 Å². The van der Waals surface area contributed by atoms with Gasteiger partial charge in [0.15, 0.2) is 0 Å². The standard InChI is InChI=1S/C16H18N6OS/c1-2-13-19-16(21-20-13)24-9-14(23)22-7-10(8-22)15-17-11-5-3-4-6-12(11)18-15/h3-6,10H,2,7-9H2,1H3,(H,17,18)(H,19,20,21). The number of likely N-dealkylation sites (tertiary alicyclic amines) is 1. The Morgan fingerprint density at radius 2 is 2.17 bits per heavy atom. The number of H-pyrrole nitrogens is 2. The highest BCUT2D eigenvalue weighted by atomic mass is 32.2. The van der Waals surface area contributed by atoms with E-state index in [2.05, 4.69) is 25.1 Å². The van der Waals surface area contributed by atoms with Gasteiger partial charge < -0.3 is 9.88 Å². The lowest BCUT2D eigenvalue weighted by atomic mass is 10.00. The Kier molecular flexibility index (Phi) is 3.97. The number of nitrogens with zero attached hydrogens (tertiary/aromatic N) is 4. The third-order valence-corrected chi connectivity index (χ3v) is 5.03. The van der Waals surface area contributed by atoms with Gasteiger partial charge in [0.25, 0.3) is 0 Å². The molecular weight excluding hydrogens is 324 g/mol. The Morgan fingerprint density at radius 3 is 2.92 bits per heavy atom. The number of carbonyl (C=O) groups excluding carboxylic acids is 1. The van der Waals surface area contributed by atoms with Crippen LogP contribution in [0.4, 0.5) is 0 Å². The first kappa shape index (κ1) is 15.2. The third kappa shape index (κ3) is 2.89. The summed E-state index contributed by atoms with van der Waals surface area (Å²) in [6, 6.07) is 7.99. The average Bonchev–Trinajstić information content (AvgIpc) is 3.17. The van der Waals surface area contributed by atoms with Gasteiger partial charge in [-0.3, -0.25) is 9.89 Å². The zero-order valence-corrected chi connectivity index (χ0v) is 14.1. The van der Waals surface area contributed by atoms with Gasteiger partial charge in [-0.1, -0.05) is 30.8 Å². The minimum atomic E-state index is 0.121. The fourth-order valence-corrected chi connectivity index (χ4v) is 3.46. The summed E-state index contributed by atoms with van der Waals surface area (Å²) in [7, 11) is 0. The molecule has 1 amide bonds. The summed E-state index contributed by atoms with van der Waals surface area (Å²) in [6.45, 7) is 3.44. The van der Waals surface area contributed by atoms with Crippen LogP contribution in [0.3, 0.4) is 0 Å². The lowest BCUT2D eigenvalue weighted by Gasteiger charge is -2.38. The lowest BCUT2D eigenvalue weighted by Crippen LogP contribution is -2.49. The van der Waals surface area contributed by atoms with Crippen LogP contribution in [-0.2, 0) is 11.2 Å². The normalized spacial score (nSPS) is 15.0. The van der Waals surface area contributed by atoms with Crippen LogP contribution in [0.2, 0.25) is 0 Å². The van der Waals surface area contributed by atoms with Crippen molar-refractivity contribution in [2.45, 2.75) is 24.4 Å². The molecule has 24 heavy (non-hydrogen) atoms. The van der Waals surface area contributed by atoms with Crippen LogP contribution in [0.15, 0.2) is 29.4 Å². The Bertz CT molecular complexity index is 833. The molecule has 1 saturated heterocycles. The number of para-hydroxylation sites is 2. The van der Waals surface area contributed by atoms with Crippen molar-refractivity contribution in [1.82, 2.24) is 30.0 Å². The molecule has 0 unspecified atom stereocenters. The van der Waals surface area contributed by atoms with E-state index >= 15 is 0 Å². The second-order valence-electron chi connectivity index (χ2n) is 5.84. The maximum absolute atomic E-state index is 12.2. The second-order valence-corrected chi connectivity index (χ2v) is 6.78. The molecular formula is C16H18N6OS. The molecule has 0 atom stereocenters. The highest BCUT2D eigenvalue weighted by Crippen LogP contribution is 2.27. The van der Waals surface area contributed by atoms with E-state index in [-0.39, 0.29) is 5.91 Å². The predicted molar refractivity (Wildman–Crippen MR) is 91.9 cm³/mol. The van der Waals surface area contributed by atoms with Crippen molar-refractivity contribution in [3.05, 3.63) is 35.9 Å². The number of hydrogen-bond donors (Lipinski definition) is 2. The number of imidazole rings is 1. The number of aryl methyl sites for hydroxylation is 1. The van der Waals surface area contributed by atoms with Gasteiger partial charge in [0.05, 0.1) is 22.7 Å². The summed E-state index contributed by atoms with van der Waals surface area (Å²) in [5, 5.41) is 7.58. The molecule has 0 spiro atoms. The van der Waals surface area contributed by atoms with Gasteiger partial charge in [-0.2, -0.15) is 0 Å². The Hall–Kier alpha value is -2.35. The molecule has 1 fully saturated rings. The van der Waals surface area contributed by atoms with E-state index in [1.807, 2.05) is 36.1 Å². The molecule has 0 radical (unpaired) electrons. The van der Waals surface area contributed by atoms with Crippen LogP contribution in [0, 0.1) is 0 Å². The number of benzene rings is 1. The van der Waals surface area contributed by atoms with E-state index in [0.717, 1.165) is 29.1 Å². The highest BCUT2D eigenvalue weighted by Gasteiger charge is 2.33. The molecule has 3 heterocycles. The molecule has 1 aliphatic rings. The molecule has 3 aromatic rings. The molecule has 0 aliphatic carbocycles. The van der Waals surface area contributed by atoms with Crippen molar-refractivity contribution < 1.29 is 4.79 Å². The summed E-state index contributed by atoms with van der Waals surface area (Å²) in [6.07, 6.45) is 0.812. The molecule has 0 saturated carbocycles. The molecule has 0 bridgehead atoms. The quantitative estimate of drug-likeness (QED) is 0.692. The smallest absolute Gasteiger partial charge is 0.233 e. The zero-order valence-electron chi connectivity index (χ0n) is 13.3. The summed E-state index contributed by atoms with van der Waals surface area (Å²) in [5.74, 6) is 2.60. The third-order valence-electron chi connectivity index (χ3n) is 4.20. The average molecular weight is 342 g/mol. The summed E-state index contributed by atoms with van der Waals surface area (Å²) >= 11 is 1.38. The molecule has 2 N–H and O–H groups in total. The number of hydrogen-bond acceptors (Lipinski definition) is 5. The minimum Gasteiger partial charge on any atom is -0.342 e. The zero-order chi connectivity index (χ0) is 16.5. The lowest BCUT2D eigenvalue weighted by molar-refractivity contribution is -0.132. The first-order valence-electron chi connectivity index (χ1n) is 7.99. The summed E-state index contributed by atoms with van der Waals surface area (Å²) in [4.78, 5) is 26.4. The SMILES string of the molecule is CCc1nc(SCC(=O)N2CC(c3nc4ccccc4[nH]3)C2)n[nH]1. The van der Waals surface area contributed by atoms with Crippen molar-refractivity contribution >= 4 is 28.7 Å². The monoisotopic (exact) mass is 342 g/mol. The Balaban J connectivity index is 1.30. The topological polar surface area (TPSA) is 90.6 Å². The molecule has 1 aliphatic heterocycles. The van der Waals surface area contributed by atoms with E-state index in [9.17, 15) is 4.79 Å². The van der Waals surface area contributed by atoms with Crippen molar-refractivity contribution in [1.29, 1.82) is 0 Å². The fourth-order valence-electron chi connectivity index (χ4n) is 2.74. The molecule has 7 nitrogen and oxygen atoms in total. The van der Waals surface area contributed by atoms with Gasteiger partial charge >= 0.3 is 0 Å². The number of fused-ring (bicyclic) bond motifs is 1. The van der Waals surface area contributed by atoms with E-state index in [1.165, 1.54) is 11.8 Å². The Morgan fingerprint density at radius 1 is 1.33 bits per heavy atom. The first-order chi connectivity index (χ1) is 11.7. The van der Waals surface area contributed by atoms with Crippen LogP contribution in [0.5, 0.6) is 0 Å². The van der Waals surface area contributed by atoms with Crippen LogP contribution in [-0.4, -0.2) is 54.8 Å². The number of amides is 1. The van der Waals surface area contributed by atoms with Gasteiger partial charge in [-0.25, -0.2) is 9.97 Å². The van der Waals surface area contributed by atoms with Crippen LogP contribution < -0.4 is 0 Å².